The minimum Gasteiger partial charge on any atom is -0.326 e. The summed E-state index contributed by atoms with van der Waals surface area (Å²) >= 11 is 0. The fourth-order valence-electron chi connectivity index (χ4n) is 2.97. The molecule has 1 aliphatic carbocycles. The maximum atomic E-state index is 12.6. The van der Waals surface area contributed by atoms with Crippen LogP contribution < -0.4 is 5.32 Å². The summed E-state index contributed by atoms with van der Waals surface area (Å²) in [7, 11) is -3.13. The molecule has 1 aromatic carbocycles. The van der Waals surface area contributed by atoms with Crippen LogP contribution in [0.2, 0.25) is 0 Å². The molecule has 0 atom stereocenters. The maximum Gasteiger partial charge on any atom is 0.230 e. The molecule has 24 heavy (non-hydrogen) atoms. The van der Waals surface area contributed by atoms with Gasteiger partial charge in [-0.05, 0) is 37.0 Å². The minimum atomic E-state index is -3.13. The van der Waals surface area contributed by atoms with Crippen LogP contribution in [-0.2, 0) is 20.4 Å². The molecule has 1 N–H and O–H groups in total. The highest BCUT2D eigenvalue weighted by Gasteiger charge is 2.28. The van der Waals surface area contributed by atoms with Crippen molar-refractivity contribution < 1.29 is 13.2 Å². The molecule has 0 aliphatic heterocycles. The van der Waals surface area contributed by atoms with Gasteiger partial charge in [0.2, 0.25) is 5.91 Å². The second-order valence-electron chi connectivity index (χ2n) is 7.46. The lowest BCUT2D eigenvalue weighted by Gasteiger charge is -2.22. The molecule has 1 aliphatic rings. The van der Waals surface area contributed by atoms with E-state index in [1.807, 2.05) is 26.8 Å². The largest absolute Gasteiger partial charge is 0.326 e. The molecule has 1 aromatic rings. The molecule has 1 fully saturated rings. The Labute approximate surface area is 146 Å². The number of carbonyl (C=O) groups is 1. The average molecular weight is 352 g/mol. The van der Waals surface area contributed by atoms with E-state index in [1.165, 1.54) is 0 Å². The van der Waals surface area contributed by atoms with Gasteiger partial charge in [0.05, 0.1) is 11.0 Å². The van der Waals surface area contributed by atoms with Crippen LogP contribution >= 0.6 is 0 Å². The molecular weight excluding hydrogens is 322 g/mol. The molecule has 0 spiro atoms. The van der Waals surface area contributed by atoms with Gasteiger partial charge >= 0.3 is 0 Å². The number of rotatable bonds is 6. The Morgan fingerprint density at radius 1 is 1.21 bits per heavy atom. The van der Waals surface area contributed by atoms with Crippen molar-refractivity contribution in [3.05, 3.63) is 29.8 Å². The van der Waals surface area contributed by atoms with Crippen LogP contribution in [0.3, 0.4) is 0 Å². The first-order valence-corrected chi connectivity index (χ1v) is 10.6. The summed E-state index contributed by atoms with van der Waals surface area (Å²) < 4.78 is 25.2. The van der Waals surface area contributed by atoms with Gasteiger partial charge in [-0.15, -0.1) is 0 Å². The van der Waals surface area contributed by atoms with Gasteiger partial charge in [0.1, 0.15) is 0 Å². The van der Waals surface area contributed by atoms with Crippen molar-refractivity contribution in [2.24, 2.45) is 5.41 Å². The molecule has 134 valence electrons. The summed E-state index contributed by atoms with van der Waals surface area (Å²) in [6, 6.07) is 7.21. The fourth-order valence-corrected chi connectivity index (χ4v) is 4.91. The van der Waals surface area contributed by atoms with Gasteiger partial charge in [0, 0.05) is 11.1 Å². The molecule has 2 rings (SSSR count). The molecule has 0 aromatic heterocycles. The van der Waals surface area contributed by atoms with Crippen LogP contribution in [-0.4, -0.2) is 19.6 Å². The van der Waals surface area contributed by atoms with Gasteiger partial charge in [-0.1, -0.05) is 52.2 Å². The van der Waals surface area contributed by atoms with Gasteiger partial charge in [0.15, 0.2) is 9.84 Å². The maximum absolute atomic E-state index is 12.6. The van der Waals surface area contributed by atoms with E-state index in [4.69, 9.17) is 0 Å². The Kier molecular flexibility index (Phi) is 6.07. The lowest BCUT2D eigenvalue weighted by molar-refractivity contribution is -0.124. The van der Waals surface area contributed by atoms with Crippen molar-refractivity contribution in [3.8, 4) is 0 Å². The summed E-state index contributed by atoms with van der Waals surface area (Å²) in [5.74, 6) is 0.00994. The molecular formula is C19H29NO3S. The highest BCUT2D eigenvalue weighted by molar-refractivity contribution is 7.91. The predicted octanol–water partition coefficient (Wildman–Crippen LogP) is 4.31. The van der Waals surface area contributed by atoms with Gasteiger partial charge in [0.25, 0.3) is 0 Å². The van der Waals surface area contributed by atoms with E-state index in [0.29, 0.717) is 5.69 Å². The number of benzene rings is 1. The minimum absolute atomic E-state index is 0.0442. The molecule has 0 bridgehead atoms. The van der Waals surface area contributed by atoms with Crippen LogP contribution in [0.25, 0.3) is 0 Å². The quantitative estimate of drug-likeness (QED) is 0.830. The number of anilines is 1. The highest BCUT2D eigenvalue weighted by Crippen LogP contribution is 2.27. The van der Waals surface area contributed by atoms with E-state index in [1.54, 1.807) is 18.2 Å². The Morgan fingerprint density at radius 2 is 1.88 bits per heavy atom. The predicted molar refractivity (Wildman–Crippen MR) is 98.6 cm³/mol. The Balaban J connectivity index is 2.08. The number of nitrogens with one attached hydrogen (secondary N) is 1. The van der Waals surface area contributed by atoms with Crippen LogP contribution in [0.4, 0.5) is 5.69 Å². The van der Waals surface area contributed by atoms with Crippen molar-refractivity contribution >= 4 is 21.4 Å². The summed E-state index contributed by atoms with van der Waals surface area (Å²) in [5, 5.41) is 2.70. The monoisotopic (exact) mass is 351 g/mol. The van der Waals surface area contributed by atoms with Gasteiger partial charge in [-0.3, -0.25) is 4.79 Å². The summed E-state index contributed by atoms with van der Waals surface area (Å²) in [4.78, 5) is 12.3. The normalized spacial score (nSPS) is 16.8. The highest BCUT2D eigenvalue weighted by atomic mass is 32.2. The Morgan fingerprint density at radius 3 is 2.50 bits per heavy atom. The first kappa shape index (κ1) is 19.0. The second kappa shape index (κ2) is 7.68. The topological polar surface area (TPSA) is 63.2 Å². The molecule has 4 nitrogen and oxygen atoms in total. The van der Waals surface area contributed by atoms with Crippen LogP contribution in [0.1, 0.15) is 64.9 Å². The summed E-state index contributed by atoms with van der Waals surface area (Å²) in [6.45, 7) is 5.78. The standard InChI is InChI=1S/C19H29NO3S/c1-4-19(2,3)18(21)20-16-10-8-9-15(13-16)14-24(22,23)17-11-6-5-7-12-17/h8-10,13,17H,4-7,11-12,14H2,1-3H3,(H,20,21). The third kappa shape index (κ3) is 4.82. The zero-order valence-electron chi connectivity index (χ0n) is 15.0. The molecule has 1 amide bonds. The van der Waals surface area contributed by atoms with Crippen molar-refractivity contribution in [2.45, 2.75) is 70.3 Å². The summed E-state index contributed by atoms with van der Waals surface area (Å²) in [6.07, 6.45) is 5.46. The van der Waals surface area contributed by atoms with Crippen molar-refractivity contribution in [2.75, 3.05) is 5.32 Å². The van der Waals surface area contributed by atoms with Gasteiger partial charge in [-0.25, -0.2) is 8.42 Å². The molecule has 0 radical (unpaired) electrons. The first-order chi connectivity index (χ1) is 11.2. The van der Waals surface area contributed by atoms with Gasteiger partial charge < -0.3 is 5.32 Å². The smallest absolute Gasteiger partial charge is 0.230 e. The SMILES string of the molecule is CCC(C)(C)C(=O)Nc1cccc(CS(=O)(=O)C2CCCCC2)c1. The van der Waals surface area contributed by atoms with E-state index >= 15 is 0 Å². The number of carbonyl (C=O) groups excluding carboxylic acids is 1. The van der Waals surface area contributed by atoms with E-state index in [-0.39, 0.29) is 16.9 Å². The van der Waals surface area contributed by atoms with Crippen LogP contribution in [0, 0.1) is 5.41 Å². The van der Waals surface area contributed by atoms with E-state index in [0.717, 1.165) is 44.1 Å². The van der Waals surface area contributed by atoms with Crippen LogP contribution in [0.5, 0.6) is 0 Å². The van der Waals surface area contributed by atoms with Crippen LogP contribution in [0.15, 0.2) is 24.3 Å². The lowest BCUT2D eigenvalue weighted by Crippen LogP contribution is -2.30. The van der Waals surface area contributed by atoms with Crippen molar-refractivity contribution in [1.82, 2.24) is 0 Å². The van der Waals surface area contributed by atoms with E-state index < -0.39 is 15.3 Å². The number of sulfone groups is 1. The third-order valence-corrected chi connectivity index (χ3v) is 7.33. The fraction of sp³-hybridized carbons (Fsp3) is 0.632. The average Bonchev–Trinajstić information content (AvgIpc) is 2.55. The van der Waals surface area contributed by atoms with E-state index in [2.05, 4.69) is 5.32 Å². The van der Waals surface area contributed by atoms with E-state index in [9.17, 15) is 13.2 Å². The van der Waals surface area contributed by atoms with Crippen molar-refractivity contribution in [1.29, 1.82) is 0 Å². The zero-order chi connectivity index (χ0) is 17.8. The zero-order valence-corrected chi connectivity index (χ0v) is 15.8. The number of hydrogen-bond acceptors (Lipinski definition) is 3. The Hall–Kier alpha value is -1.36. The molecule has 0 heterocycles. The molecule has 1 saturated carbocycles. The first-order valence-electron chi connectivity index (χ1n) is 8.86. The molecule has 0 unspecified atom stereocenters. The molecule has 0 saturated heterocycles. The number of hydrogen-bond donors (Lipinski definition) is 1. The third-order valence-electron chi connectivity index (χ3n) is 5.11. The molecule has 5 heteroatoms. The number of amides is 1. The van der Waals surface area contributed by atoms with Gasteiger partial charge in [-0.2, -0.15) is 0 Å². The lowest BCUT2D eigenvalue weighted by atomic mass is 9.89. The summed E-state index contributed by atoms with van der Waals surface area (Å²) in [5.41, 5.74) is 0.968. The second-order valence-corrected chi connectivity index (χ2v) is 9.74. The Bertz CT molecular complexity index is 674. The van der Waals surface area contributed by atoms with Crippen molar-refractivity contribution in [3.63, 3.8) is 0 Å².